The van der Waals surface area contributed by atoms with Crippen LogP contribution in [0.4, 0.5) is 0 Å². The van der Waals surface area contributed by atoms with Crippen molar-refractivity contribution in [3.05, 3.63) is 35.5 Å². The molecular formula is C23H28O5. The van der Waals surface area contributed by atoms with E-state index < -0.39 is 0 Å². The number of Topliss-reactive ketones (excluding diaryl/α,β-unsaturated/α-hetero) is 1. The third-order valence-electron chi connectivity index (χ3n) is 8.74. The van der Waals surface area contributed by atoms with Gasteiger partial charge in [0.05, 0.1) is 12.9 Å². The minimum Gasteiger partial charge on any atom is -0.501 e. The summed E-state index contributed by atoms with van der Waals surface area (Å²) < 4.78 is 17.4. The van der Waals surface area contributed by atoms with Gasteiger partial charge in [0.1, 0.15) is 29.5 Å². The van der Waals surface area contributed by atoms with Crippen LogP contribution in [0.5, 0.6) is 0 Å². The molecule has 1 aromatic rings. The van der Waals surface area contributed by atoms with E-state index in [0.717, 1.165) is 36.3 Å². The van der Waals surface area contributed by atoms with Gasteiger partial charge >= 0.3 is 5.97 Å². The summed E-state index contributed by atoms with van der Waals surface area (Å²) in [6, 6.07) is 0. The summed E-state index contributed by atoms with van der Waals surface area (Å²) in [5.74, 6) is 2.51. The molecule has 1 aromatic heterocycles. The summed E-state index contributed by atoms with van der Waals surface area (Å²) in [5, 5.41) is 0. The molecule has 0 amide bonds. The third-order valence-corrected chi connectivity index (χ3v) is 8.74. The number of ether oxygens (including phenoxy) is 2. The summed E-state index contributed by atoms with van der Waals surface area (Å²) in [6.07, 6.45) is 4.38. The van der Waals surface area contributed by atoms with Crippen LogP contribution in [0.15, 0.2) is 23.0 Å². The van der Waals surface area contributed by atoms with Crippen LogP contribution in [0.2, 0.25) is 0 Å². The first kappa shape index (κ1) is 18.0. The molecule has 7 atom stereocenters. The first-order valence-electron chi connectivity index (χ1n) is 10.3. The second-order valence-corrected chi connectivity index (χ2v) is 9.64. The molecule has 0 N–H and O–H groups in total. The Hall–Kier alpha value is -2.04. The minimum atomic E-state index is -0.381. The van der Waals surface area contributed by atoms with Gasteiger partial charge in [-0.3, -0.25) is 4.79 Å². The average molecular weight is 384 g/mol. The lowest BCUT2D eigenvalue weighted by atomic mass is 9.45. The number of carbonyl (C=O) groups is 2. The maximum atomic E-state index is 12.9. The minimum absolute atomic E-state index is 0.0402. The molecular weight excluding hydrogens is 356 g/mol. The molecule has 2 saturated carbocycles. The molecule has 5 heteroatoms. The number of cyclic esters (lactones) is 1. The van der Waals surface area contributed by atoms with E-state index >= 15 is 0 Å². The highest BCUT2D eigenvalue weighted by molar-refractivity contribution is 5.93. The Morgan fingerprint density at radius 2 is 2.07 bits per heavy atom. The number of fused-ring (bicyclic) bond motifs is 4. The molecule has 2 heterocycles. The van der Waals surface area contributed by atoms with Crippen molar-refractivity contribution in [1.82, 2.24) is 0 Å². The third kappa shape index (κ3) is 1.93. The zero-order valence-electron chi connectivity index (χ0n) is 17.0. The second-order valence-electron chi connectivity index (χ2n) is 9.64. The molecule has 28 heavy (non-hydrogen) atoms. The summed E-state index contributed by atoms with van der Waals surface area (Å²) in [7, 11) is 1.66. The fourth-order valence-electron chi connectivity index (χ4n) is 7.27. The predicted octanol–water partition coefficient (Wildman–Crippen LogP) is 4.05. The van der Waals surface area contributed by atoms with Crippen molar-refractivity contribution in [1.29, 1.82) is 0 Å². The lowest BCUT2D eigenvalue weighted by molar-refractivity contribution is -0.137. The highest BCUT2D eigenvalue weighted by Gasteiger charge is 2.66. The van der Waals surface area contributed by atoms with Gasteiger partial charge in [-0.15, -0.1) is 0 Å². The standard InChI is InChI=1S/C23H28O5/c1-11(26-5)14-9-22(3)16(6-7-18(22)24)13-8-17-20-15(10-27-17)21(25)28-12(2)23(20,4)19(13)14/h10,12-14,16,19H,1,6-9H2,2-5H3/t12-,13?,14+,16?,19?,22+,23-/m1/s1. The maximum Gasteiger partial charge on any atom is 0.342 e. The van der Waals surface area contributed by atoms with Gasteiger partial charge in [0.2, 0.25) is 0 Å². The fraction of sp³-hybridized carbons (Fsp3) is 0.652. The molecule has 3 aliphatic carbocycles. The van der Waals surface area contributed by atoms with E-state index in [-0.39, 0.29) is 40.7 Å². The Morgan fingerprint density at radius 3 is 2.79 bits per heavy atom. The number of ketones is 1. The lowest BCUT2D eigenvalue weighted by Crippen LogP contribution is -2.61. The first-order valence-corrected chi connectivity index (χ1v) is 10.3. The van der Waals surface area contributed by atoms with Gasteiger partial charge in [0.25, 0.3) is 0 Å². The molecule has 0 radical (unpaired) electrons. The van der Waals surface area contributed by atoms with Crippen LogP contribution in [0, 0.1) is 29.1 Å². The van der Waals surface area contributed by atoms with Crippen molar-refractivity contribution in [3.63, 3.8) is 0 Å². The van der Waals surface area contributed by atoms with Crippen LogP contribution in [0.1, 0.15) is 61.7 Å². The smallest absolute Gasteiger partial charge is 0.342 e. The van der Waals surface area contributed by atoms with Crippen molar-refractivity contribution in [2.75, 3.05) is 7.11 Å². The normalized spacial score (nSPS) is 43.6. The average Bonchev–Trinajstić information content (AvgIpc) is 3.21. The highest BCUT2D eigenvalue weighted by Crippen LogP contribution is 2.66. The summed E-state index contributed by atoms with van der Waals surface area (Å²) in [5.41, 5.74) is 0.852. The first-order chi connectivity index (χ1) is 13.2. The van der Waals surface area contributed by atoms with Gasteiger partial charge in [-0.2, -0.15) is 0 Å². The fourth-order valence-corrected chi connectivity index (χ4v) is 7.27. The van der Waals surface area contributed by atoms with Crippen LogP contribution in [-0.2, 0) is 26.1 Å². The van der Waals surface area contributed by atoms with Crippen LogP contribution >= 0.6 is 0 Å². The number of rotatable bonds is 2. The summed E-state index contributed by atoms with van der Waals surface area (Å²) in [4.78, 5) is 25.4. The number of carbonyl (C=O) groups excluding carboxylic acids is 2. The quantitative estimate of drug-likeness (QED) is 0.568. The van der Waals surface area contributed by atoms with E-state index in [9.17, 15) is 9.59 Å². The van der Waals surface area contributed by atoms with Gasteiger partial charge in [-0.05, 0) is 37.5 Å². The van der Waals surface area contributed by atoms with Gasteiger partial charge in [-0.25, -0.2) is 4.79 Å². The van der Waals surface area contributed by atoms with Crippen LogP contribution in [0.25, 0.3) is 0 Å². The molecule has 0 aromatic carbocycles. The molecule has 0 spiro atoms. The summed E-state index contributed by atoms with van der Waals surface area (Å²) >= 11 is 0. The molecule has 0 saturated heterocycles. The number of methoxy groups -OCH3 is 1. The van der Waals surface area contributed by atoms with E-state index in [1.165, 1.54) is 0 Å². The molecule has 0 bridgehead atoms. The highest BCUT2D eigenvalue weighted by atomic mass is 16.5. The Morgan fingerprint density at radius 1 is 1.32 bits per heavy atom. The molecule has 2 fully saturated rings. The molecule has 5 rings (SSSR count). The Balaban J connectivity index is 1.74. The van der Waals surface area contributed by atoms with Gasteiger partial charge in [0, 0.05) is 35.2 Å². The zero-order valence-corrected chi connectivity index (χ0v) is 17.0. The van der Waals surface area contributed by atoms with Crippen LogP contribution < -0.4 is 0 Å². The monoisotopic (exact) mass is 384 g/mol. The predicted molar refractivity (Wildman–Crippen MR) is 102 cm³/mol. The molecule has 3 unspecified atom stereocenters. The topological polar surface area (TPSA) is 65.7 Å². The Labute approximate surface area is 165 Å². The van der Waals surface area contributed by atoms with Gasteiger partial charge in [-0.1, -0.05) is 20.4 Å². The molecule has 5 nitrogen and oxygen atoms in total. The lowest BCUT2D eigenvalue weighted by Gasteiger charge is -2.59. The van der Waals surface area contributed by atoms with Crippen molar-refractivity contribution < 1.29 is 23.5 Å². The Kier molecular flexibility index (Phi) is 3.55. The van der Waals surface area contributed by atoms with E-state index in [1.807, 2.05) is 6.92 Å². The largest absolute Gasteiger partial charge is 0.501 e. The van der Waals surface area contributed by atoms with Gasteiger partial charge in [0.15, 0.2) is 0 Å². The number of esters is 1. The maximum absolute atomic E-state index is 12.9. The summed E-state index contributed by atoms with van der Waals surface area (Å²) in [6.45, 7) is 10.5. The number of hydrogen-bond donors (Lipinski definition) is 0. The molecule has 150 valence electrons. The molecule has 4 aliphatic rings. The molecule has 1 aliphatic heterocycles. The van der Waals surface area contributed by atoms with E-state index in [1.54, 1.807) is 13.4 Å². The van der Waals surface area contributed by atoms with Crippen molar-refractivity contribution in [3.8, 4) is 0 Å². The number of hydrogen-bond acceptors (Lipinski definition) is 5. The van der Waals surface area contributed by atoms with E-state index in [0.29, 0.717) is 23.7 Å². The van der Waals surface area contributed by atoms with Crippen molar-refractivity contribution in [2.45, 2.75) is 58.0 Å². The van der Waals surface area contributed by atoms with E-state index in [2.05, 4.69) is 20.4 Å². The van der Waals surface area contributed by atoms with E-state index in [4.69, 9.17) is 13.9 Å². The SMILES string of the molecule is C=C(OC)[C@@H]1C[C@]2(C)C(=O)CCC2C2Cc3occ4c3[C@@](C)(C21)[C@@H](C)OC4=O. The second kappa shape index (κ2) is 5.52. The van der Waals surface area contributed by atoms with Crippen LogP contribution in [0.3, 0.4) is 0 Å². The van der Waals surface area contributed by atoms with Crippen molar-refractivity contribution >= 4 is 11.8 Å². The number of furan rings is 1. The van der Waals surface area contributed by atoms with Crippen molar-refractivity contribution in [2.24, 2.45) is 29.1 Å². The van der Waals surface area contributed by atoms with Gasteiger partial charge < -0.3 is 13.9 Å². The van der Waals surface area contributed by atoms with Crippen LogP contribution in [-0.4, -0.2) is 25.0 Å². The number of allylic oxidation sites excluding steroid dienone is 1. The zero-order chi connectivity index (χ0) is 20.0. The Bertz CT molecular complexity index is 897.